The molecule has 0 aromatic rings. The lowest BCUT2D eigenvalue weighted by Crippen LogP contribution is -2.24. The van der Waals surface area contributed by atoms with Crippen molar-refractivity contribution < 1.29 is 0 Å². The van der Waals surface area contributed by atoms with E-state index in [9.17, 15) is 0 Å². The van der Waals surface area contributed by atoms with Crippen LogP contribution in [0.15, 0.2) is 0 Å². The molecular weight excluding hydrogens is 211 g/mol. The third kappa shape index (κ3) is 2.79. The van der Waals surface area contributed by atoms with Gasteiger partial charge in [0.15, 0.2) is 0 Å². The lowest BCUT2D eigenvalue weighted by Gasteiger charge is -2.35. The molecule has 0 saturated heterocycles. The maximum absolute atomic E-state index is 3.76. The van der Waals surface area contributed by atoms with E-state index in [-0.39, 0.29) is 0 Å². The largest absolute Gasteiger partial charge is 0.106 e. The van der Waals surface area contributed by atoms with Crippen molar-refractivity contribution in [3.8, 4) is 0 Å². The van der Waals surface area contributed by atoms with Crippen LogP contribution in [0.25, 0.3) is 0 Å². The van der Waals surface area contributed by atoms with E-state index in [1.807, 2.05) is 0 Å². The number of hydrogen-bond donors (Lipinski definition) is 0. The van der Waals surface area contributed by atoms with Gasteiger partial charge in [0.2, 0.25) is 0 Å². The molecule has 1 aliphatic carbocycles. The SMILES string of the molecule is BC1CC(Br)CCCCC1(C)C. The lowest BCUT2D eigenvalue weighted by molar-refractivity contribution is 0.271. The minimum atomic E-state index is 0.562. The molecule has 0 aliphatic heterocycles. The predicted molar refractivity (Wildman–Crippen MR) is 61.9 cm³/mol. The number of alkyl halides is 1. The molecule has 0 spiro atoms. The molecule has 0 aromatic carbocycles. The Labute approximate surface area is 86.0 Å². The highest BCUT2D eigenvalue weighted by Crippen LogP contribution is 2.41. The number of rotatable bonds is 0. The van der Waals surface area contributed by atoms with Gasteiger partial charge in [-0.1, -0.05) is 48.4 Å². The van der Waals surface area contributed by atoms with Crippen molar-refractivity contribution in [1.82, 2.24) is 0 Å². The van der Waals surface area contributed by atoms with Crippen LogP contribution >= 0.6 is 15.9 Å². The summed E-state index contributed by atoms with van der Waals surface area (Å²) >= 11 is 3.76. The van der Waals surface area contributed by atoms with Crippen molar-refractivity contribution >= 4 is 23.8 Å². The van der Waals surface area contributed by atoms with Crippen LogP contribution in [0.5, 0.6) is 0 Å². The Kier molecular flexibility index (Phi) is 3.69. The van der Waals surface area contributed by atoms with Crippen LogP contribution in [0, 0.1) is 5.41 Å². The van der Waals surface area contributed by atoms with E-state index >= 15 is 0 Å². The fraction of sp³-hybridized carbons (Fsp3) is 1.00. The zero-order valence-corrected chi connectivity index (χ0v) is 10.2. The summed E-state index contributed by atoms with van der Waals surface area (Å²) in [6.45, 7) is 4.84. The summed E-state index contributed by atoms with van der Waals surface area (Å²) in [7, 11) is 2.40. The van der Waals surface area contributed by atoms with Crippen LogP contribution in [-0.4, -0.2) is 12.7 Å². The van der Waals surface area contributed by atoms with Crippen LogP contribution in [0.2, 0.25) is 5.82 Å². The van der Waals surface area contributed by atoms with Gasteiger partial charge in [0.1, 0.15) is 7.85 Å². The molecule has 1 saturated carbocycles. The first kappa shape index (κ1) is 10.6. The van der Waals surface area contributed by atoms with Gasteiger partial charge in [0.05, 0.1) is 0 Å². The quantitative estimate of drug-likeness (QED) is 0.443. The molecule has 0 aromatic heterocycles. The Hall–Kier alpha value is 0.545. The monoisotopic (exact) mass is 230 g/mol. The molecule has 12 heavy (non-hydrogen) atoms. The summed E-state index contributed by atoms with van der Waals surface area (Å²) in [5.41, 5.74) is 0.562. The zero-order valence-electron chi connectivity index (χ0n) is 8.57. The molecule has 0 N–H and O–H groups in total. The highest BCUT2D eigenvalue weighted by molar-refractivity contribution is 9.09. The summed E-state index contributed by atoms with van der Waals surface area (Å²) in [4.78, 5) is 0.770. The standard InChI is InChI=1S/C10H20BBr/c1-10(2)6-4-3-5-8(12)7-9(10)11/h8-9H,3-7,11H2,1-2H3. The maximum Gasteiger partial charge on any atom is 0.106 e. The Morgan fingerprint density at radius 3 is 2.67 bits per heavy atom. The van der Waals surface area contributed by atoms with Crippen molar-refractivity contribution in [2.24, 2.45) is 5.41 Å². The number of hydrogen-bond acceptors (Lipinski definition) is 0. The predicted octanol–water partition coefficient (Wildman–Crippen LogP) is 3.16. The molecule has 2 atom stereocenters. The first-order valence-electron chi connectivity index (χ1n) is 5.16. The zero-order chi connectivity index (χ0) is 9.19. The molecule has 2 heteroatoms. The van der Waals surface area contributed by atoms with Gasteiger partial charge in [-0.2, -0.15) is 0 Å². The molecule has 1 aliphatic rings. The van der Waals surface area contributed by atoms with Gasteiger partial charge in [-0.15, -0.1) is 0 Å². The molecular formula is C10H20BBr. The van der Waals surface area contributed by atoms with Crippen molar-refractivity contribution in [2.75, 3.05) is 0 Å². The van der Waals surface area contributed by atoms with E-state index in [4.69, 9.17) is 0 Å². The van der Waals surface area contributed by atoms with Crippen LogP contribution in [0.3, 0.4) is 0 Å². The molecule has 0 bridgehead atoms. The van der Waals surface area contributed by atoms with E-state index in [2.05, 4.69) is 37.6 Å². The van der Waals surface area contributed by atoms with Crippen molar-refractivity contribution in [3.63, 3.8) is 0 Å². The highest BCUT2D eigenvalue weighted by atomic mass is 79.9. The Balaban J connectivity index is 2.55. The fourth-order valence-electron chi connectivity index (χ4n) is 2.01. The number of halogens is 1. The van der Waals surface area contributed by atoms with Crippen LogP contribution in [-0.2, 0) is 0 Å². The summed E-state index contributed by atoms with van der Waals surface area (Å²) in [6, 6.07) is 0. The average Bonchev–Trinajstić information content (AvgIpc) is 1.96. The molecule has 2 unspecified atom stereocenters. The second kappa shape index (κ2) is 4.17. The van der Waals surface area contributed by atoms with E-state index in [1.165, 1.54) is 32.1 Å². The van der Waals surface area contributed by atoms with Gasteiger partial charge < -0.3 is 0 Å². The van der Waals surface area contributed by atoms with Gasteiger partial charge >= 0.3 is 0 Å². The third-order valence-electron chi connectivity index (χ3n) is 3.53. The first-order chi connectivity index (χ1) is 5.52. The van der Waals surface area contributed by atoms with E-state index in [1.54, 1.807) is 0 Å². The molecule has 0 radical (unpaired) electrons. The summed E-state index contributed by atoms with van der Waals surface area (Å²) < 4.78 is 0. The molecule has 0 heterocycles. The van der Waals surface area contributed by atoms with Gasteiger partial charge in [-0.25, -0.2) is 0 Å². The van der Waals surface area contributed by atoms with E-state index in [0.29, 0.717) is 5.41 Å². The van der Waals surface area contributed by atoms with E-state index < -0.39 is 0 Å². The Morgan fingerprint density at radius 2 is 2.00 bits per heavy atom. The normalized spacial score (nSPS) is 36.9. The minimum Gasteiger partial charge on any atom is -0.0891 e. The van der Waals surface area contributed by atoms with E-state index in [0.717, 1.165) is 10.6 Å². The van der Waals surface area contributed by atoms with Gasteiger partial charge in [-0.05, 0) is 24.7 Å². The van der Waals surface area contributed by atoms with Crippen LogP contribution in [0.1, 0.15) is 46.0 Å². The Morgan fingerprint density at radius 1 is 1.33 bits per heavy atom. The van der Waals surface area contributed by atoms with Crippen molar-refractivity contribution in [2.45, 2.75) is 56.6 Å². The third-order valence-corrected chi connectivity index (χ3v) is 4.36. The van der Waals surface area contributed by atoms with Crippen LogP contribution < -0.4 is 0 Å². The highest BCUT2D eigenvalue weighted by Gasteiger charge is 2.28. The summed E-state index contributed by atoms with van der Waals surface area (Å²) in [5, 5.41) is 0. The molecule has 0 nitrogen and oxygen atoms in total. The molecule has 0 amide bonds. The Bertz CT molecular complexity index is 145. The fourth-order valence-corrected chi connectivity index (χ4v) is 2.90. The first-order valence-corrected chi connectivity index (χ1v) is 6.08. The molecule has 1 rings (SSSR count). The second-order valence-corrected chi connectivity index (χ2v) is 6.26. The minimum absolute atomic E-state index is 0.562. The van der Waals surface area contributed by atoms with Crippen molar-refractivity contribution in [3.05, 3.63) is 0 Å². The second-order valence-electron chi connectivity index (χ2n) is 4.97. The van der Waals surface area contributed by atoms with Gasteiger partial charge in [-0.3, -0.25) is 0 Å². The maximum atomic E-state index is 3.76. The summed E-state index contributed by atoms with van der Waals surface area (Å²) in [6.07, 6.45) is 6.97. The van der Waals surface area contributed by atoms with Gasteiger partial charge in [0.25, 0.3) is 0 Å². The molecule has 1 fully saturated rings. The smallest absolute Gasteiger partial charge is 0.0891 e. The summed E-state index contributed by atoms with van der Waals surface area (Å²) in [5.74, 6) is 0.863. The van der Waals surface area contributed by atoms with Crippen molar-refractivity contribution in [1.29, 1.82) is 0 Å². The average molecular weight is 231 g/mol. The molecule has 70 valence electrons. The van der Waals surface area contributed by atoms with Gasteiger partial charge in [0, 0.05) is 4.83 Å². The topological polar surface area (TPSA) is 0 Å². The lowest BCUT2D eigenvalue weighted by atomic mass is 9.62. The van der Waals surface area contributed by atoms with Crippen LogP contribution in [0.4, 0.5) is 0 Å².